The van der Waals surface area contributed by atoms with Crippen LogP contribution < -0.4 is 0 Å². The highest BCUT2D eigenvalue weighted by Gasteiger charge is 2.43. The fourth-order valence-corrected chi connectivity index (χ4v) is 3.75. The average molecular weight is 360 g/mol. The number of benzene rings is 2. The second kappa shape index (κ2) is 5.66. The molecule has 0 N–H and O–H groups in total. The van der Waals surface area contributed by atoms with Gasteiger partial charge in [0, 0.05) is 0 Å². The zero-order valence-corrected chi connectivity index (χ0v) is 14.5. The van der Waals surface area contributed by atoms with Crippen LogP contribution in [0.1, 0.15) is 50.4 Å². The number of ether oxygens (including phenoxy) is 2. The molecule has 2 bridgehead atoms. The molecule has 130 valence electrons. The molecule has 7 heteroatoms. The molecule has 2 aromatic carbocycles. The van der Waals surface area contributed by atoms with Gasteiger partial charge in [0.1, 0.15) is 12.2 Å². The summed E-state index contributed by atoms with van der Waals surface area (Å²) >= 11 is 0. The molecule has 6 nitrogen and oxygen atoms in total. The number of carbonyl (C=O) groups is 1. The maximum absolute atomic E-state index is 11.7. The molecule has 2 aliphatic rings. The van der Waals surface area contributed by atoms with E-state index in [1.165, 1.54) is 7.11 Å². The van der Waals surface area contributed by atoms with E-state index in [0.29, 0.717) is 5.56 Å². The number of hydrogen-bond acceptors (Lipinski definition) is 6. The number of carbonyl (C=O) groups excluding carboxylic acids is 1. The van der Waals surface area contributed by atoms with Crippen molar-refractivity contribution < 1.29 is 26.9 Å². The summed E-state index contributed by atoms with van der Waals surface area (Å²) in [5, 5.41) is 0. The Kier molecular flexibility index (Phi) is 3.68. The summed E-state index contributed by atoms with van der Waals surface area (Å²) in [7, 11) is -2.13. The summed E-state index contributed by atoms with van der Waals surface area (Å²) in [6, 6.07) is 11.1. The lowest BCUT2D eigenvalue weighted by Gasteiger charge is -2.17. The van der Waals surface area contributed by atoms with Gasteiger partial charge in [0.05, 0.1) is 25.5 Å². The van der Waals surface area contributed by atoms with Crippen molar-refractivity contribution in [1.29, 1.82) is 0 Å². The molecule has 0 amide bonds. The molecule has 0 saturated carbocycles. The molecule has 0 spiro atoms. The summed E-state index contributed by atoms with van der Waals surface area (Å²) in [5.41, 5.74) is 5.30. The van der Waals surface area contributed by atoms with Gasteiger partial charge in [-0.2, -0.15) is 8.42 Å². The van der Waals surface area contributed by atoms with E-state index in [0.717, 1.165) is 34.1 Å². The molecule has 0 aromatic heterocycles. The number of rotatable bonds is 4. The number of methoxy groups -OCH3 is 1. The van der Waals surface area contributed by atoms with Crippen LogP contribution in [0.5, 0.6) is 0 Å². The van der Waals surface area contributed by atoms with E-state index in [1.54, 1.807) is 6.07 Å². The first kappa shape index (κ1) is 16.3. The van der Waals surface area contributed by atoms with Crippen molar-refractivity contribution in [3.63, 3.8) is 0 Å². The van der Waals surface area contributed by atoms with Gasteiger partial charge in [-0.1, -0.05) is 24.3 Å². The molecule has 0 fully saturated rings. The molecule has 0 radical (unpaired) electrons. The molecular formula is C18H16O6S. The Bertz CT molecular complexity index is 979. The molecule has 2 atom stereocenters. The minimum absolute atomic E-state index is 0.00235. The third-order valence-electron chi connectivity index (χ3n) is 4.50. The van der Waals surface area contributed by atoms with Crippen LogP contribution in [-0.2, 0) is 30.4 Å². The minimum Gasteiger partial charge on any atom is -0.465 e. The van der Waals surface area contributed by atoms with Crippen molar-refractivity contribution in [3.8, 4) is 0 Å². The first-order valence-corrected chi connectivity index (χ1v) is 9.54. The molecule has 2 heterocycles. The SMILES string of the molecule is COC(=O)c1ccc2c(c1)[C@@H]1O[C@H]2c2cc(COS(C)(=O)=O)ccc21. The molecule has 0 aliphatic carbocycles. The topological polar surface area (TPSA) is 78.9 Å². The van der Waals surface area contributed by atoms with E-state index in [4.69, 9.17) is 13.7 Å². The lowest BCUT2D eigenvalue weighted by molar-refractivity contribution is 0.0600. The summed E-state index contributed by atoms with van der Waals surface area (Å²) in [5.74, 6) is -0.376. The lowest BCUT2D eigenvalue weighted by atomic mass is 9.84. The number of esters is 1. The normalized spacial score (nSPS) is 20.2. The zero-order chi connectivity index (χ0) is 17.8. The second-order valence-corrected chi connectivity index (χ2v) is 7.80. The van der Waals surface area contributed by atoms with Crippen molar-refractivity contribution in [3.05, 3.63) is 69.8 Å². The van der Waals surface area contributed by atoms with Gasteiger partial charge in [-0.05, 0) is 39.9 Å². The highest BCUT2D eigenvalue weighted by Crippen LogP contribution is 2.54. The van der Waals surface area contributed by atoms with Gasteiger partial charge in [0.15, 0.2) is 0 Å². The number of hydrogen-bond donors (Lipinski definition) is 0. The fraction of sp³-hybridized carbons (Fsp3) is 0.278. The second-order valence-electron chi connectivity index (χ2n) is 6.16. The van der Waals surface area contributed by atoms with Gasteiger partial charge in [0.25, 0.3) is 10.1 Å². The fourth-order valence-electron chi connectivity index (χ4n) is 3.40. The van der Waals surface area contributed by atoms with Gasteiger partial charge in [0.2, 0.25) is 0 Å². The van der Waals surface area contributed by atoms with E-state index >= 15 is 0 Å². The van der Waals surface area contributed by atoms with Crippen LogP contribution in [0.4, 0.5) is 0 Å². The monoisotopic (exact) mass is 360 g/mol. The Balaban J connectivity index is 1.66. The van der Waals surface area contributed by atoms with Crippen molar-refractivity contribution in [1.82, 2.24) is 0 Å². The predicted molar refractivity (Wildman–Crippen MR) is 88.6 cm³/mol. The summed E-state index contributed by atoms with van der Waals surface area (Å²) < 4.78 is 38.0. The van der Waals surface area contributed by atoms with Crippen molar-refractivity contribution in [2.45, 2.75) is 18.8 Å². The molecule has 0 saturated heterocycles. The van der Waals surface area contributed by atoms with E-state index < -0.39 is 10.1 Å². The van der Waals surface area contributed by atoms with Crippen LogP contribution in [0.3, 0.4) is 0 Å². The molecule has 4 rings (SSSR count). The quantitative estimate of drug-likeness (QED) is 0.616. The van der Waals surface area contributed by atoms with Gasteiger partial charge in [-0.3, -0.25) is 4.18 Å². The lowest BCUT2D eigenvalue weighted by Crippen LogP contribution is -2.08. The first-order valence-electron chi connectivity index (χ1n) is 7.72. The summed E-state index contributed by atoms with van der Waals surface area (Å²) in [6.07, 6.45) is 0.602. The smallest absolute Gasteiger partial charge is 0.337 e. The van der Waals surface area contributed by atoms with Crippen LogP contribution in [0.15, 0.2) is 36.4 Å². The molecular weight excluding hydrogens is 344 g/mol. The Hall–Kier alpha value is -2.22. The highest BCUT2D eigenvalue weighted by atomic mass is 32.2. The third-order valence-corrected chi connectivity index (χ3v) is 5.05. The van der Waals surface area contributed by atoms with Crippen LogP contribution >= 0.6 is 0 Å². The maximum Gasteiger partial charge on any atom is 0.337 e. The molecule has 2 aromatic rings. The summed E-state index contributed by atoms with van der Waals surface area (Å²) in [6.45, 7) is -0.00235. The largest absolute Gasteiger partial charge is 0.465 e. The van der Waals surface area contributed by atoms with Crippen molar-refractivity contribution in [2.24, 2.45) is 0 Å². The van der Waals surface area contributed by atoms with Crippen LogP contribution in [0, 0.1) is 0 Å². The zero-order valence-electron chi connectivity index (χ0n) is 13.7. The Morgan fingerprint density at radius 3 is 2.32 bits per heavy atom. The van der Waals surface area contributed by atoms with Crippen molar-refractivity contribution in [2.75, 3.05) is 13.4 Å². The molecule has 2 aliphatic heterocycles. The van der Waals surface area contributed by atoms with Gasteiger partial charge < -0.3 is 9.47 Å². The van der Waals surface area contributed by atoms with E-state index in [2.05, 4.69) is 0 Å². The highest BCUT2D eigenvalue weighted by molar-refractivity contribution is 7.85. The van der Waals surface area contributed by atoms with E-state index in [9.17, 15) is 13.2 Å². The van der Waals surface area contributed by atoms with Crippen LogP contribution in [0.2, 0.25) is 0 Å². The third kappa shape index (κ3) is 2.74. The minimum atomic E-state index is -3.49. The Morgan fingerprint density at radius 2 is 1.68 bits per heavy atom. The summed E-state index contributed by atoms with van der Waals surface area (Å²) in [4.78, 5) is 11.7. The Morgan fingerprint density at radius 1 is 1.04 bits per heavy atom. The predicted octanol–water partition coefficient (Wildman–Crippen LogP) is 2.47. The van der Waals surface area contributed by atoms with Crippen LogP contribution in [0.25, 0.3) is 0 Å². The molecule has 25 heavy (non-hydrogen) atoms. The van der Waals surface area contributed by atoms with Gasteiger partial charge in [-0.25, -0.2) is 4.79 Å². The van der Waals surface area contributed by atoms with Crippen LogP contribution in [-0.4, -0.2) is 27.8 Å². The van der Waals surface area contributed by atoms with E-state index in [-0.39, 0.29) is 24.8 Å². The van der Waals surface area contributed by atoms with Crippen molar-refractivity contribution >= 4 is 16.1 Å². The average Bonchev–Trinajstić information content (AvgIpc) is 3.15. The molecule has 0 unspecified atom stereocenters. The standard InChI is InChI=1S/C18H16O6S/c1-22-18(19)11-4-6-13-15(8-11)17-12-5-3-10(9-23-25(2,20)21)7-14(12)16(13)24-17/h3-8,16-17H,9H2,1-2H3/t16-,17-/m1/s1. The number of fused-ring (bicyclic) bond motifs is 8. The van der Waals surface area contributed by atoms with Gasteiger partial charge in [-0.15, -0.1) is 0 Å². The maximum atomic E-state index is 11.7. The first-order chi connectivity index (χ1) is 11.9. The van der Waals surface area contributed by atoms with Gasteiger partial charge >= 0.3 is 5.97 Å². The van der Waals surface area contributed by atoms with E-state index in [1.807, 2.05) is 30.3 Å². The Labute approximate surface area is 145 Å².